The van der Waals surface area contributed by atoms with Gasteiger partial charge in [-0.1, -0.05) is 19.9 Å². The average Bonchev–Trinajstić information content (AvgIpc) is 2.77. The fraction of sp³-hybridized carbons (Fsp3) is 0.375. The number of Topliss-reactive ketones (excluding diaryl/α,β-unsaturated/α-hetero) is 1. The molecule has 0 aliphatic rings. The topological polar surface area (TPSA) is 63.6 Å². The third kappa shape index (κ3) is 2.71. The molecule has 0 aliphatic heterocycles. The number of hydrogen-bond acceptors (Lipinski definition) is 4. The summed E-state index contributed by atoms with van der Waals surface area (Å²) < 4.78 is 5.93. The Kier molecular flexibility index (Phi) is 4.44. The molecule has 0 unspecified atom stereocenters. The van der Waals surface area contributed by atoms with Crippen molar-refractivity contribution >= 4 is 33.2 Å². The zero-order chi connectivity index (χ0) is 15.7. The molecule has 1 heterocycles. The van der Waals surface area contributed by atoms with E-state index in [1.165, 1.54) is 11.3 Å². The van der Waals surface area contributed by atoms with Crippen molar-refractivity contribution in [2.24, 2.45) is 5.92 Å². The second-order valence-corrected chi connectivity index (χ2v) is 6.31. The molecule has 0 radical (unpaired) electrons. The molecule has 0 amide bonds. The minimum atomic E-state index is -0.958. The van der Waals surface area contributed by atoms with Crippen molar-refractivity contribution in [3.05, 3.63) is 33.7 Å². The van der Waals surface area contributed by atoms with E-state index in [0.29, 0.717) is 17.7 Å². The first kappa shape index (κ1) is 15.7. The largest absolute Gasteiger partial charge is 0.477 e. The number of carboxylic acids is 1. The fourth-order valence-electron chi connectivity index (χ4n) is 2.42. The molecule has 112 valence electrons. The predicted molar refractivity (Wildman–Crippen MR) is 83.4 cm³/mol. The number of thiophene rings is 1. The summed E-state index contributed by atoms with van der Waals surface area (Å²) in [5.74, 6) is -1.06. The number of carbonyl (C=O) groups is 2. The minimum absolute atomic E-state index is 0.0298. The second-order valence-electron chi connectivity index (χ2n) is 5.29. The molecule has 0 saturated heterocycles. The predicted octanol–water partition coefficient (Wildman–Crippen LogP) is 3.89. The van der Waals surface area contributed by atoms with Crippen LogP contribution < -0.4 is 0 Å². The van der Waals surface area contributed by atoms with E-state index < -0.39 is 5.97 Å². The highest BCUT2D eigenvalue weighted by molar-refractivity contribution is 7.21. The molecule has 1 N–H and O–H groups in total. The third-order valence-electron chi connectivity index (χ3n) is 3.45. The molecule has 0 bridgehead atoms. The molecule has 2 rings (SSSR count). The van der Waals surface area contributed by atoms with Gasteiger partial charge in [-0.2, -0.15) is 0 Å². The van der Waals surface area contributed by atoms with E-state index in [0.717, 1.165) is 15.6 Å². The highest BCUT2D eigenvalue weighted by Crippen LogP contribution is 2.37. The minimum Gasteiger partial charge on any atom is -0.477 e. The molecule has 4 nitrogen and oxygen atoms in total. The van der Waals surface area contributed by atoms with Gasteiger partial charge in [-0.3, -0.25) is 4.79 Å². The lowest BCUT2D eigenvalue weighted by Crippen LogP contribution is -2.08. The highest BCUT2D eigenvalue weighted by Gasteiger charge is 2.22. The first-order chi connectivity index (χ1) is 9.88. The molecule has 5 heteroatoms. The maximum atomic E-state index is 12.3. The number of aromatic carboxylic acids is 1. The van der Waals surface area contributed by atoms with Crippen molar-refractivity contribution in [3.63, 3.8) is 0 Å². The Bertz CT molecular complexity index is 713. The standard InChI is InChI=1S/C16H18O4S/c1-8(2)13(17)11-6-5-10(7-20-4)12-9(3)14(16(18)19)21-15(11)12/h5-6,8H,7H2,1-4H3,(H,18,19). The van der Waals surface area contributed by atoms with Crippen LogP contribution in [0.15, 0.2) is 12.1 Å². The SMILES string of the molecule is COCc1ccc(C(=O)C(C)C)c2sc(C(=O)O)c(C)c12. The van der Waals surface area contributed by atoms with Crippen LogP contribution in [0, 0.1) is 12.8 Å². The smallest absolute Gasteiger partial charge is 0.346 e. The summed E-state index contributed by atoms with van der Waals surface area (Å²) in [6, 6.07) is 3.63. The van der Waals surface area contributed by atoms with Crippen LogP contribution in [0.3, 0.4) is 0 Å². The van der Waals surface area contributed by atoms with Gasteiger partial charge in [0.2, 0.25) is 0 Å². The van der Waals surface area contributed by atoms with Gasteiger partial charge in [0.1, 0.15) is 4.88 Å². The van der Waals surface area contributed by atoms with Gasteiger partial charge in [-0.05, 0) is 24.1 Å². The molecule has 0 fully saturated rings. The number of hydrogen-bond donors (Lipinski definition) is 1. The van der Waals surface area contributed by atoms with E-state index in [2.05, 4.69) is 0 Å². The van der Waals surface area contributed by atoms with Crippen molar-refractivity contribution < 1.29 is 19.4 Å². The Labute approximate surface area is 127 Å². The Hall–Kier alpha value is -1.72. The van der Waals surface area contributed by atoms with Gasteiger partial charge in [0.05, 0.1) is 6.61 Å². The zero-order valence-corrected chi connectivity index (χ0v) is 13.3. The quantitative estimate of drug-likeness (QED) is 0.851. The summed E-state index contributed by atoms with van der Waals surface area (Å²) in [5, 5.41) is 10.2. The summed E-state index contributed by atoms with van der Waals surface area (Å²) >= 11 is 1.17. The van der Waals surface area contributed by atoms with Crippen LogP contribution in [0.25, 0.3) is 10.1 Å². The van der Waals surface area contributed by atoms with E-state index in [9.17, 15) is 14.7 Å². The lowest BCUT2D eigenvalue weighted by atomic mass is 9.96. The van der Waals surface area contributed by atoms with Crippen LogP contribution in [0.2, 0.25) is 0 Å². The first-order valence-corrected chi connectivity index (χ1v) is 7.51. The Morgan fingerprint density at radius 2 is 2.00 bits per heavy atom. The number of ether oxygens (including phenoxy) is 1. The van der Waals surface area contributed by atoms with E-state index in [-0.39, 0.29) is 16.6 Å². The van der Waals surface area contributed by atoms with Crippen molar-refractivity contribution in [2.45, 2.75) is 27.4 Å². The zero-order valence-electron chi connectivity index (χ0n) is 12.5. The van der Waals surface area contributed by atoms with Gasteiger partial charge in [-0.15, -0.1) is 11.3 Å². The molecule has 0 saturated carbocycles. The van der Waals surface area contributed by atoms with Crippen molar-refractivity contribution in [1.29, 1.82) is 0 Å². The molecule has 1 aromatic carbocycles. The Morgan fingerprint density at radius 1 is 1.33 bits per heavy atom. The monoisotopic (exact) mass is 306 g/mol. The molecule has 0 spiro atoms. The third-order valence-corrected chi connectivity index (χ3v) is 4.76. The molecular weight excluding hydrogens is 288 g/mol. The maximum absolute atomic E-state index is 12.3. The highest BCUT2D eigenvalue weighted by atomic mass is 32.1. The van der Waals surface area contributed by atoms with Crippen molar-refractivity contribution in [1.82, 2.24) is 0 Å². The summed E-state index contributed by atoms with van der Waals surface area (Å²) in [6.07, 6.45) is 0. The van der Waals surface area contributed by atoms with Crippen LogP contribution in [-0.2, 0) is 11.3 Å². The molecule has 21 heavy (non-hydrogen) atoms. The number of ketones is 1. The van der Waals surface area contributed by atoms with E-state index >= 15 is 0 Å². The van der Waals surface area contributed by atoms with Gasteiger partial charge < -0.3 is 9.84 Å². The van der Waals surface area contributed by atoms with Crippen LogP contribution in [0.5, 0.6) is 0 Å². The van der Waals surface area contributed by atoms with Gasteiger partial charge in [0.15, 0.2) is 5.78 Å². The number of carboxylic acid groups (broad SMARTS) is 1. The lowest BCUT2D eigenvalue weighted by Gasteiger charge is -2.09. The second kappa shape index (κ2) is 5.95. The molecular formula is C16H18O4S. The Morgan fingerprint density at radius 3 is 2.52 bits per heavy atom. The summed E-state index contributed by atoms with van der Waals surface area (Å²) in [6.45, 7) is 5.86. The summed E-state index contributed by atoms with van der Waals surface area (Å²) in [7, 11) is 1.60. The fourth-order valence-corrected chi connectivity index (χ4v) is 3.63. The lowest BCUT2D eigenvalue weighted by molar-refractivity contribution is 0.0701. The Balaban J connectivity index is 2.80. The van der Waals surface area contributed by atoms with E-state index in [4.69, 9.17) is 4.74 Å². The number of aryl methyl sites for hydroxylation is 1. The number of rotatable bonds is 5. The number of fused-ring (bicyclic) bond motifs is 1. The summed E-state index contributed by atoms with van der Waals surface area (Å²) in [5.41, 5.74) is 2.21. The number of carbonyl (C=O) groups excluding carboxylic acids is 1. The summed E-state index contributed by atoms with van der Waals surface area (Å²) in [4.78, 5) is 24.0. The van der Waals surface area contributed by atoms with E-state index in [1.807, 2.05) is 19.9 Å². The molecule has 2 aromatic rings. The van der Waals surface area contributed by atoms with Crippen LogP contribution in [0.1, 0.15) is 45.0 Å². The van der Waals surface area contributed by atoms with Gasteiger partial charge in [-0.25, -0.2) is 4.79 Å². The van der Waals surface area contributed by atoms with Gasteiger partial charge >= 0.3 is 5.97 Å². The molecule has 0 aliphatic carbocycles. The van der Waals surface area contributed by atoms with Crippen molar-refractivity contribution in [2.75, 3.05) is 7.11 Å². The van der Waals surface area contributed by atoms with Crippen LogP contribution in [-0.4, -0.2) is 24.0 Å². The van der Waals surface area contributed by atoms with Crippen molar-refractivity contribution in [3.8, 4) is 0 Å². The molecule has 0 atom stereocenters. The first-order valence-electron chi connectivity index (χ1n) is 6.69. The maximum Gasteiger partial charge on any atom is 0.346 e. The van der Waals surface area contributed by atoms with Gasteiger partial charge in [0, 0.05) is 28.7 Å². The normalized spacial score (nSPS) is 11.3. The molecule has 1 aromatic heterocycles. The van der Waals surface area contributed by atoms with Crippen LogP contribution >= 0.6 is 11.3 Å². The van der Waals surface area contributed by atoms with Crippen LogP contribution in [0.4, 0.5) is 0 Å². The number of benzene rings is 1. The van der Waals surface area contributed by atoms with Gasteiger partial charge in [0.25, 0.3) is 0 Å². The van der Waals surface area contributed by atoms with E-state index in [1.54, 1.807) is 20.1 Å². The average molecular weight is 306 g/mol. The number of methoxy groups -OCH3 is 1.